The quantitative estimate of drug-likeness (QED) is 0.340. The van der Waals surface area contributed by atoms with Crippen LogP contribution in [0.2, 0.25) is 5.02 Å². The van der Waals surface area contributed by atoms with Gasteiger partial charge in [-0.15, -0.1) is 0 Å². The lowest BCUT2D eigenvalue weighted by Crippen LogP contribution is -2.36. The van der Waals surface area contributed by atoms with Gasteiger partial charge < -0.3 is 9.47 Å². The van der Waals surface area contributed by atoms with E-state index >= 15 is 0 Å². The molecule has 1 heterocycles. The van der Waals surface area contributed by atoms with Crippen LogP contribution < -0.4 is 9.47 Å². The molecule has 0 bridgehead atoms. The zero-order valence-corrected chi connectivity index (χ0v) is 19.6. The van der Waals surface area contributed by atoms with Gasteiger partial charge in [0.05, 0.1) is 11.5 Å². The maximum atomic E-state index is 12.8. The van der Waals surface area contributed by atoms with Crippen molar-refractivity contribution in [3.05, 3.63) is 63.5 Å². The summed E-state index contributed by atoms with van der Waals surface area (Å²) in [5.41, 5.74) is 1.88. The Balaban J connectivity index is 1.79. The molecule has 1 aliphatic rings. The van der Waals surface area contributed by atoms with E-state index in [0.717, 1.165) is 17.5 Å². The smallest absolute Gasteiger partial charge is 0.266 e. The monoisotopic (exact) mass is 461 g/mol. The maximum Gasteiger partial charge on any atom is 0.266 e. The van der Waals surface area contributed by atoms with Gasteiger partial charge in [0, 0.05) is 11.1 Å². The number of carbonyl (C=O) groups is 1. The van der Waals surface area contributed by atoms with Gasteiger partial charge in [-0.3, -0.25) is 9.69 Å². The highest BCUT2D eigenvalue weighted by atomic mass is 35.5. The summed E-state index contributed by atoms with van der Waals surface area (Å²) in [6.45, 7) is 6.89. The molecule has 0 aromatic heterocycles. The molecule has 0 aliphatic carbocycles. The van der Waals surface area contributed by atoms with Gasteiger partial charge in [-0.25, -0.2) is 0 Å². The summed E-state index contributed by atoms with van der Waals surface area (Å²) < 4.78 is 12.3. The maximum absolute atomic E-state index is 12.8. The predicted octanol–water partition coefficient (Wildman–Crippen LogP) is 6.32. The highest BCUT2D eigenvalue weighted by molar-refractivity contribution is 8.26. The number of amides is 1. The molecule has 1 fully saturated rings. The van der Waals surface area contributed by atoms with Gasteiger partial charge in [-0.05, 0) is 61.7 Å². The van der Waals surface area contributed by atoms with Crippen molar-refractivity contribution in [3.8, 4) is 11.5 Å². The standard InChI is InChI=1S/C23H24ClNO3S2/c1-4-15(3)25-22(26)21(30-23(25)29)13-17-8-11-19(20(12-17)27-5-2)28-14-16-6-9-18(24)10-7-16/h6-13,15H,4-5,14H2,1-3H3/b21-13-/t15-/m0/s1. The molecule has 2 aromatic rings. The molecule has 4 nitrogen and oxygen atoms in total. The number of ether oxygens (including phenoxy) is 2. The minimum absolute atomic E-state index is 0.0413. The average molecular weight is 462 g/mol. The molecule has 0 N–H and O–H groups in total. The van der Waals surface area contributed by atoms with Crippen LogP contribution in [0.25, 0.3) is 6.08 Å². The summed E-state index contributed by atoms with van der Waals surface area (Å²) >= 11 is 12.7. The van der Waals surface area contributed by atoms with Crippen molar-refractivity contribution >= 4 is 51.9 Å². The van der Waals surface area contributed by atoms with Crippen LogP contribution in [0, 0.1) is 0 Å². The number of halogens is 1. The lowest BCUT2D eigenvalue weighted by Gasteiger charge is -2.21. The first-order valence-corrected chi connectivity index (χ1v) is 11.4. The zero-order valence-electron chi connectivity index (χ0n) is 17.2. The number of carbonyl (C=O) groups excluding carboxylic acids is 1. The fourth-order valence-corrected chi connectivity index (χ4v) is 4.53. The first-order chi connectivity index (χ1) is 14.4. The Labute approximate surface area is 192 Å². The Hall–Kier alpha value is -2.02. The van der Waals surface area contributed by atoms with Crippen LogP contribution in [0.1, 0.15) is 38.3 Å². The van der Waals surface area contributed by atoms with Gasteiger partial charge in [0.15, 0.2) is 11.5 Å². The molecule has 1 amide bonds. The van der Waals surface area contributed by atoms with Crippen LogP contribution in [0.5, 0.6) is 11.5 Å². The van der Waals surface area contributed by atoms with E-state index in [2.05, 4.69) is 0 Å². The van der Waals surface area contributed by atoms with Crippen LogP contribution in [0.3, 0.4) is 0 Å². The normalized spacial score (nSPS) is 16.3. The fraction of sp³-hybridized carbons (Fsp3) is 0.304. The second-order valence-corrected chi connectivity index (χ2v) is 8.98. The number of hydrogen-bond donors (Lipinski definition) is 0. The highest BCUT2D eigenvalue weighted by Gasteiger charge is 2.34. The molecule has 0 saturated carbocycles. The zero-order chi connectivity index (χ0) is 21.7. The van der Waals surface area contributed by atoms with Crippen LogP contribution in [-0.2, 0) is 11.4 Å². The van der Waals surface area contributed by atoms with Crippen LogP contribution in [0.15, 0.2) is 47.4 Å². The van der Waals surface area contributed by atoms with Gasteiger partial charge in [0.25, 0.3) is 5.91 Å². The SMILES string of the molecule is CCOc1cc(/C=C2\SC(=S)N([C@@H](C)CC)C2=O)ccc1OCc1ccc(Cl)cc1. The van der Waals surface area contributed by atoms with E-state index in [0.29, 0.717) is 39.0 Å². The van der Waals surface area contributed by atoms with E-state index < -0.39 is 0 Å². The number of hydrogen-bond acceptors (Lipinski definition) is 5. The largest absolute Gasteiger partial charge is 0.490 e. The Kier molecular flexibility index (Phi) is 7.81. The van der Waals surface area contributed by atoms with Crippen molar-refractivity contribution in [2.45, 2.75) is 39.8 Å². The molecule has 158 valence electrons. The summed E-state index contributed by atoms with van der Waals surface area (Å²) in [5, 5.41) is 0.692. The van der Waals surface area contributed by atoms with Crippen molar-refractivity contribution in [2.24, 2.45) is 0 Å². The second-order valence-electron chi connectivity index (χ2n) is 6.86. The van der Waals surface area contributed by atoms with E-state index in [1.807, 2.05) is 69.3 Å². The Morgan fingerprint density at radius 3 is 2.53 bits per heavy atom. The second kappa shape index (κ2) is 10.3. The summed E-state index contributed by atoms with van der Waals surface area (Å²) in [7, 11) is 0. The predicted molar refractivity (Wildman–Crippen MR) is 128 cm³/mol. The minimum Gasteiger partial charge on any atom is -0.490 e. The molecule has 1 aliphatic heterocycles. The molecular weight excluding hydrogens is 438 g/mol. The molecular formula is C23H24ClNO3S2. The molecule has 1 atom stereocenters. The molecule has 30 heavy (non-hydrogen) atoms. The Morgan fingerprint density at radius 2 is 1.87 bits per heavy atom. The summed E-state index contributed by atoms with van der Waals surface area (Å²) in [5.74, 6) is 1.24. The third-order valence-electron chi connectivity index (χ3n) is 4.73. The summed E-state index contributed by atoms with van der Waals surface area (Å²) in [6.07, 6.45) is 2.71. The number of thiocarbonyl (C=S) groups is 1. The first kappa shape index (κ1) is 22.7. The van der Waals surface area contributed by atoms with E-state index in [4.69, 9.17) is 33.3 Å². The third kappa shape index (κ3) is 5.36. The molecule has 7 heteroatoms. The fourth-order valence-electron chi connectivity index (χ4n) is 2.94. The van der Waals surface area contributed by atoms with Gasteiger partial charge in [-0.1, -0.05) is 60.7 Å². The van der Waals surface area contributed by atoms with Crippen LogP contribution >= 0.6 is 35.6 Å². The Bertz CT molecular complexity index is 959. The molecule has 0 unspecified atom stereocenters. The van der Waals surface area contributed by atoms with E-state index in [9.17, 15) is 4.79 Å². The number of thioether (sulfide) groups is 1. The average Bonchev–Trinajstić information content (AvgIpc) is 3.01. The van der Waals surface area contributed by atoms with E-state index in [-0.39, 0.29) is 11.9 Å². The molecule has 3 rings (SSSR count). The van der Waals surface area contributed by atoms with E-state index in [1.165, 1.54) is 11.8 Å². The van der Waals surface area contributed by atoms with Crippen molar-refractivity contribution < 1.29 is 14.3 Å². The number of rotatable bonds is 8. The van der Waals surface area contributed by atoms with Gasteiger partial charge in [0.1, 0.15) is 10.9 Å². The molecule has 1 saturated heterocycles. The van der Waals surface area contributed by atoms with Crippen molar-refractivity contribution in [1.29, 1.82) is 0 Å². The van der Waals surface area contributed by atoms with Gasteiger partial charge in [0.2, 0.25) is 0 Å². The van der Waals surface area contributed by atoms with Gasteiger partial charge in [-0.2, -0.15) is 0 Å². The number of benzene rings is 2. The van der Waals surface area contributed by atoms with Crippen LogP contribution in [-0.4, -0.2) is 27.8 Å². The molecule has 2 aromatic carbocycles. The van der Waals surface area contributed by atoms with Crippen molar-refractivity contribution in [1.82, 2.24) is 4.90 Å². The minimum atomic E-state index is -0.0413. The van der Waals surface area contributed by atoms with Gasteiger partial charge >= 0.3 is 0 Å². The van der Waals surface area contributed by atoms with Crippen LogP contribution in [0.4, 0.5) is 0 Å². The lowest BCUT2D eigenvalue weighted by molar-refractivity contribution is -0.123. The summed E-state index contributed by atoms with van der Waals surface area (Å²) in [6, 6.07) is 13.3. The summed E-state index contributed by atoms with van der Waals surface area (Å²) in [4.78, 5) is 15.1. The van der Waals surface area contributed by atoms with Crippen molar-refractivity contribution in [2.75, 3.05) is 6.61 Å². The Morgan fingerprint density at radius 1 is 1.13 bits per heavy atom. The molecule has 0 spiro atoms. The molecule has 0 radical (unpaired) electrons. The number of nitrogens with zero attached hydrogens (tertiary/aromatic N) is 1. The lowest BCUT2D eigenvalue weighted by atomic mass is 10.1. The topological polar surface area (TPSA) is 38.8 Å². The third-order valence-corrected chi connectivity index (χ3v) is 6.31. The highest BCUT2D eigenvalue weighted by Crippen LogP contribution is 2.36. The van der Waals surface area contributed by atoms with Crippen molar-refractivity contribution in [3.63, 3.8) is 0 Å². The van der Waals surface area contributed by atoms with E-state index in [1.54, 1.807) is 4.90 Å². The first-order valence-electron chi connectivity index (χ1n) is 9.84.